The van der Waals surface area contributed by atoms with Gasteiger partial charge in [-0.3, -0.25) is 4.79 Å². The Labute approximate surface area is 121 Å². The Bertz CT molecular complexity index is 568. The molecule has 2 heteroatoms. The normalized spacial score (nSPS) is 28.9. The van der Waals surface area contributed by atoms with E-state index in [2.05, 4.69) is 26.8 Å². The maximum absolute atomic E-state index is 12.7. The summed E-state index contributed by atoms with van der Waals surface area (Å²) in [6.45, 7) is 8.25. The van der Waals surface area contributed by atoms with Gasteiger partial charge in [-0.15, -0.1) is 0 Å². The van der Waals surface area contributed by atoms with Crippen molar-refractivity contribution in [3.63, 3.8) is 0 Å². The number of fused-ring (bicyclic) bond motifs is 1. The molecule has 0 amide bonds. The Balaban J connectivity index is 2.03. The predicted octanol–water partition coefficient (Wildman–Crippen LogP) is 3.72. The monoisotopic (exact) mass is 272 g/mol. The van der Waals surface area contributed by atoms with Crippen molar-refractivity contribution in [2.24, 2.45) is 11.3 Å². The molecule has 3 rings (SSSR count). The second-order valence-electron chi connectivity index (χ2n) is 6.85. The fourth-order valence-corrected chi connectivity index (χ4v) is 4.03. The number of ketones is 1. The van der Waals surface area contributed by atoms with Crippen LogP contribution in [0.5, 0.6) is 0 Å². The van der Waals surface area contributed by atoms with Crippen LogP contribution in [0.3, 0.4) is 0 Å². The molecule has 1 N–H and O–H groups in total. The molecule has 2 atom stereocenters. The zero-order valence-electron chi connectivity index (χ0n) is 12.9. The Kier molecular flexibility index (Phi) is 3.06. The van der Waals surface area contributed by atoms with E-state index < -0.39 is 0 Å². The molecule has 0 aromatic rings. The first-order chi connectivity index (χ1) is 9.38. The fourth-order valence-electron chi connectivity index (χ4n) is 4.03. The topological polar surface area (TPSA) is 37.3 Å². The van der Waals surface area contributed by atoms with Crippen LogP contribution < -0.4 is 0 Å². The molecule has 0 aromatic heterocycles. The number of allylic oxidation sites excluding steroid dienone is 6. The lowest BCUT2D eigenvalue weighted by molar-refractivity contribution is -0.120. The maximum atomic E-state index is 12.7. The number of Topliss-reactive ketones (excluding diaryl/α,β-unsaturated/α-hetero) is 1. The largest absolute Gasteiger partial charge is 0.393 e. The van der Waals surface area contributed by atoms with Crippen molar-refractivity contribution >= 4 is 5.78 Å². The lowest BCUT2D eigenvalue weighted by atomic mass is 9.70. The maximum Gasteiger partial charge on any atom is 0.167 e. The van der Waals surface area contributed by atoms with Crippen LogP contribution in [0.1, 0.15) is 53.4 Å². The average Bonchev–Trinajstić information content (AvgIpc) is 3.12. The van der Waals surface area contributed by atoms with E-state index in [4.69, 9.17) is 0 Å². The van der Waals surface area contributed by atoms with Crippen molar-refractivity contribution in [3.05, 3.63) is 33.9 Å². The minimum absolute atomic E-state index is 0.140. The lowest BCUT2D eigenvalue weighted by Gasteiger charge is -2.32. The van der Waals surface area contributed by atoms with Crippen LogP contribution in [0, 0.1) is 11.3 Å². The number of carbonyl (C=O) groups is 1. The van der Waals surface area contributed by atoms with E-state index in [1.807, 2.05) is 6.92 Å². The highest BCUT2D eigenvalue weighted by Gasteiger charge is 2.56. The minimum atomic E-state index is -0.284. The molecule has 3 aliphatic carbocycles. The molecule has 3 aliphatic rings. The minimum Gasteiger partial charge on any atom is -0.393 e. The summed E-state index contributed by atoms with van der Waals surface area (Å²) in [6.07, 6.45) is 5.74. The molecule has 20 heavy (non-hydrogen) atoms. The summed E-state index contributed by atoms with van der Waals surface area (Å²) >= 11 is 0. The Morgan fingerprint density at radius 3 is 2.60 bits per heavy atom. The van der Waals surface area contributed by atoms with Crippen LogP contribution in [0.2, 0.25) is 0 Å². The Morgan fingerprint density at radius 2 is 2.05 bits per heavy atom. The Morgan fingerprint density at radius 1 is 1.40 bits per heavy atom. The van der Waals surface area contributed by atoms with E-state index in [1.165, 1.54) is 22.3 Å². The molecule has 1 spiro atoms. The standard InChI is InChI=1S/C18H24O2/c1-10-9-15-16(14(10)6-5-11(2)19)12(3)18(7-8-18)13(4)17(15)20/h9,11,13,19H,5-8H2,1-4H3/t11?,13-/m1/s1. The molecular weight excluding hydrogens is 248 g/mol. The summed E-state index contributed by atoms with van der Waals surface area (Å²) in [5.41, 5.74) is 6.26. The van der Waals surface area contributed by atoms with Gasteiger partial charge in [-0.1, -0.05) is 12.5 Å². The number of aliphatic hydroxyl groups is 1. The van der Waals surface area contributed by atoms with Crippen LogP contribution in [0.25, 0.3) is 0 Å². The quantitative estimate of drug-likeness (QED) is 0.850. The summed E-state index contributed by atoms with van der Waals surface area (Å²) in [7, 11) is 0. The van der Waals surface area contributed by atoms with Gasteiger partial charge in [0.1, 0.15) is 0 Å². The summed E-state index contributed by atoms with van der Waals surface area (Å²) in [5.74, 6) is 0.468. The van der Waals surface area contributed by atoms with Gasteiger partial charge in [0.05, 0.1) is 6.10 Å². The molecule has 108 valence electrons. The second-order valence-corrected chi connectivity index (χ2v) is 6.85. The highest BCUT2D eigenvalue weighted by Crippen LogP contribution is 2.63. The molecule has 1 fully saturated rings. The van der Waals surface area contributed by atoms with Crippen LogP contribution in [-0.4, -0.2) is 17.0 Å². The third-order valence-electron chi connectivity index (χ3n) is 5.62. The van der Waals surface area contributed by atoms with Crippen LogP contribution in [-0.2, 0) is 4.79 Å². The van der Waals surface area contributed by atoms with E-state index in [0.717, 1.165) is 31.3 Å². The van der Waals surface area contributed by atoms with Crippen LogP contribution >= 0.6 is 0 Å². The van der Waals surface area contributed by atoms with Gasteiger partial charge in [0.15, 0.2) is 5.78 Å². The smallest absolute Gasteiger partial charge is 0.167 e. The van der Waals surface area contributed by atoms with Gasteiger partial charge in [-0.2, -0.15) is 0 Å². The van der Waals surface area contributed by atoms with E-state index in [1.54, 1.807) is 0 Å². The molecular formula is C18H24O2. The van der Waals surface area contributed by atoms with Gasteiger partial charge in [0.25, 0.3) is 0 Å². The number of hydrogen-bond acceptors (Lipinski definition) is 2. The van der Waals surface area contributed by atoms with E-state index in [9.17, 15) is 9.90 Å². The van der Waals surface area contributed by atoms with Gasteiger partial charge >= 0.3 is 0 Å². The fraction of sp³-hybridized carbons (Fsp3) is 0.611. The first-order valence-corrected chi connectivity index (χ1v) is 7.74. The van der Waals surface area contributed by atoms with Crippen molar-refractivity contribution < 1.29 is 9.90 Å². The summed E-state index contributed by atoms with van der Waals surface area (Å²) < 4.78 is 0. The van der Waals surface area contributed by atoms with Crippen LogP contribution in [0.4, 0.5) is 0 Å². The zero-order valence-corrected chi connectivity index (χ0v) is 12.9. The molecule has 0 aliphatic heterocycles. The number of hydrogen-bond donors (Lipinski definition) is 1. The molecule has 1 saturated carbocycles. The molecule has 0 radical (unpaired) electrons. The SMILES string of the molecule is CC1=C(CCC(C)O)C2=C(C)C3(CC3)[C@H](C)C(=O)C2=C1. The zero-order chi connectivity index (χ0) is 14.7. The Hall–Kier alpha value is -1.15. The van der Waals surface area contributed by atoms with Crippen molar-refractivity contribution in [1.29, 1.82) is 0 Å². The van der Waals surface area contributed by atoms with Gasteiger partial charge in [0, 0.05) is 16.9 Å². The molecule has 2 nitrogen and oxygen atoms in total. The predicted molar refractivity (Wildman–Crippen MR) is 80.2 cm³/mol. The van der Waals surface area contributed by atoms with Crippen molar-refractivity contribution in [1.82, 2.24) is 0 Å². The van der Waals surface area contributed by atoms with Gasteiger partial charge in [0.2, 0.25) is 0 Å². The van der Waals surface area contributed by atoms with Gasteiger partial charge < -0.3 is 5.11 Å². The molecule has 0 bridgehead atoms. The lowest BCUT2D eigenvalue weighted by Crippen LogP contribution is -2.31. The second kappa shape index (κ2) is 4.42. The first-order valence-electron chi connectivity index (χ1n) is 7.74. The van der Waals surface area contributed by atoms with E-state index >= 15 is 0 Å². The summed E-state index contributed by atoms with van der Waals surface area (Å²) in [5, 5.41) is 9.55. The van der Waals surface area contributed by atoms with Gasteiger partial charge in [-0.25, -0.2) is 0 Å². The number of aliphatic hydroxyl groups excluding tert-OH is 1. The van der Waals surface area contributed by atoms with Crippen LogP contribution in [0.15, 0.2) is 33.9 Å². The average molecular weight is 272 g/mol. The van der Waals surface area contributed by atoms with Crippen molar-refractivity contribution in [2.75, 3.05) is 0 Å². The first kappa shape index (κ1) is 13.8. The highest BCUT2D eigenvalue weighted by molar-refractivity contribution is 6.07. The molecule has 0 aromatic carbocycles. The third kappa shape index (κ3) is 1.77. The van der Waals surface area contributed by atoms with E-state index in [-0.39, 0.29) is 17.4 Å². The number of carbonyl (C=O) groups excluding carboxylic acids is 1. The molecule has 0 saturated heterocycles. The number of rotatable bonds is 3. The molecule has 1 unspecified atom stereocenters. The molecule has 0 heterocycles. The van der Waals surface area contributed by atoms with Gasteiger partial charge in [-0.05, 0) is 69.2 Å². The van der Waals surface area contributed by atoms with Crippen molar-refractivity contribution in [2.45, 2.75) is 59.5 Å². The summed E-state index contributed by atoms with van der Waals surface area (Å²) in [6, 6.07) is 0. The summed E-state index contributed by atoms with van der Waals surface area (Å²) in [4.78, 5) is 12.7. The van der Waals surface area contributed by atoms with Crippen molar-refractivity contribution in [3.8, 4) is 0 Å². The highest BCUT2D eigenvalue weighted by atomic mass is 16.3. The van der Waals surface area contributed by atoms with E-state index in [0.29, 0.717) is 5.78 Å². The third-order valence-corrected chi connectivity index (χ3v) is 5.62.